The van der Waals surface area contributed by atoms with Gasteiger partial charge in [0.1, 0.15) is 0 Å². The van der Waals surface area contributed by atoms with Crippen LogP contribution in [0.4, 0.5) is 0 Å². The van der Waals surface area contributed by atoms with Crippen molar-refractivity contribution in [2.75, 3.05) is 0 Å². The molecule has 0 fully saturated rings. The Hall–Kier alpha value is 1.68. The fraction of sp³-hybridized carbons (Fsp3) is 1.00. The van der Waals surface area contributed by atoms with Gasteiger partial charge in [0, 0.05) is 0 Å². The van der Waals surface area contributed by atoms with E-state index >= 15 is 0 Å². The molecule has 0 saturated carbocycles. The molecule has 0 bridgehead atoms. The first-order chi connectivity index (χ1) is 2.41. The van der Waals surface area contributed by atoms with Crippen LogP contribution >= 0.6 is 0 Å². The molecule has 0 N–H and O–H groups in total. The zero-order valence-corrected chi connectivity index (χ0v) is 8.39. The van der Waals surface area contributed by atoms with Crippen molar-refractivity contribution in [2.24, 2.45) is 0 Å². The Balaban J connectivity index is 2.19. The van der Waals surface area contributed by atoms with Crippen LogP contribution in [0, 0.1) is 0 Å². The second-order valence-corrected chi connectivity index (χ2v) is 6.14. The van der Waals surface area contributed by atoms with E-state index in [2.05, 4.69) is 31.6 Å². The van der Waals surface area contributed by atoms with Crippen LogP contribution in [0.1, 0.15) is 0 Å². The molecular weight excluding hydrogens is 249 g/mol. The van der Waals surface area contributed by atoms with Gasteiger partial charge in [-0.25, -0.2) is 0 Å². The molecule has 5 radical (unpaired) electrons. The molecule has 5 heavy (non-hydrogen) atoms. The maximum absolute atomic E-state index is 2.66. The number of hydrogen-bond acceptors (Lipinski definition) is 0. The minimum absolute atomic E-state index is 0.638. The maximum atomic E-state index is 2.66. The third-order valence-electron chi connectivity index (χ3n) is 0.200. The second kappa shape index (κ2) is 5.68. The molecule has 0 aliphatic carbocycles. The van der Waals surface area contributed by atoms with Gasteiger partial charge in [0.15, 0.2) is 0 Å². The second-order valence-electron chi connectivity index (χ2n) is 0.589. The van der Waals surface area contributed by atoms with Crippen molar-refractivity contribution < 1.29 is 0 Å². The van der Waals surface area contributed by atoms with Gasteiger partial charge in [-0.1, -0.05) is 0 Å². The van der Waals surface area contributed by atoms with Crippen molar-refractivity contribution in [3.63, 3.8) is 0 Å². The average molecular weight is 253 g/mol. The summed E-state index contributed by atoms with van der Waals surface area (Å²) < 4.78 is 0. The van der Waals surface area contributed by atoms with Gasteiger partial charge < -0.3 is 0 Å². The van der Waals surface area contributed by atoms with Crippen LogP contribution in [-0.4, -0.2) is 45.3 Å². The first-order valence-electron chi connectivity index (χ1n) is 1.33. The first-order valence-corrected chi connectivity index (χ1v) is 9.19. The molecule has 27 valence electrons. The zero-order chi connectivity index (χ0) is 4.12. The summed E-state index contributed by atoms with van der Waals surface area (Å²) in [4.78, 5) is 0. The van der Waals surface area contributed by atoms with Crippen LogP contribution in [0.5, 0.6) is 0 Å². The van der Waals surface area contributed by atoms with E-state index in [0.717, 1.165) is 0 Å². The van der Waals surface area contributed by atoms with Gasteiger partial charge in [0.2, 0.25) is 0 Å². The van der Waals surface area contributed by atoms with E-state index in [1.165, 1.54) is 10.4 Å². The Labute approximate surface area is 55.4 Å². The molecular formula is C2H4As3. The summed E-state index contributed by atoms with van der Waals surface area (Å²) in [5.41, 5.74) is 0. The summed E-state index contributed by atoms with van der Waals surface area (Å²) in [5, 5.41) is 2.73. The van der Waals surface area contributed by atoms with Crippen LogP contribution in [0.25, 0.3) is 0 Å². The van der Waals surface area contributed by atoms with Crippen LogP contribution in [-0.2, 0) is 0 Å². The SMILES string of the molecule is [As]CC[As][As]. The fourth-order valence-corrected chi connectivity index (χ4v) is 6.27. The van der Waals surface area contributed by atoms with Crippen LogP contribution in [0.2, 0.25) is 10.4 Å². The van der Waals surface area contributed by atoms with Gasteiger partial charge in [-0.3, -0.25) is 0 Å². The fourth-order valence-electron chi connectivity index (χ4n) is 0.0447. The van der Waals surface area contributed by atoms with Crippen molar-refractivity contribution in [1.82, 2.24) is 0 Å². The summed E-state index contributed by atoms with van der Waals surface area (Å²) in [6.07, 6.45) is 0. The summed E-state index contributed by atoms with van der Waals surface area (Å²) in [6.45, 7) is 0. The van der Waals surface area contributed by atoms with Gasteiger partial charge >= 0.3 is 55.7 Å². The molecule has 0 atom stereocenters. The molecule has 0 heterocycles. The summed E-state index contributed by atoms with van der Waals surface area (Å²) >= 11 is 5.89. The van der Waals surface area contributed by atoms with E-state index in [-0.39, 0.29) is 0 Å². The van der Waals surface area contributed by atoms with E-state index in [4.69, 9.17) is 0 Å². The predicted octanol–water partition coefficient (Wildman–Crippen LogP) is -0.221. The van der Waals surface area contributed by atoms with Crippen molar-refractivity contribution in [3.8, 4) is 0 Å². The van der Waals surface area contributed by atoms with Crippen LogP contribution in [0.3, 0.4) is 0 Å². The molecule has 0 nitrogen and oxygen atoms in total. The van der Waals surface area contributed by atoms with E-state index < -0.39 is 0 Å². The summed E-state index contributed by atoms with van der Waals surface area (Å²) in [6, 6.07) is 0. The molecule has 0 spiro atoms. The van der Waals surface area contributed by atoms with E-state index in [1.54, 1.807) is 0 Å². The first kappa shape index (κ1) is 6.68. The van der Waals surface area contributed by atoms with Crippen molar-refractivity contribution in [1.29, 1.82) is 0 Å². The minimum atomic E-state index is 0.638. The van der Waals surface area contributed by atoms with E-state index in [9.17, 15) is 0 Å². The Morgan fingerprint density at radius 2 is 2.20 bits per heavy atom. The van der Waals surface area contributed by atoms with Gasteiger partial charge in [-0.2, -0.15) is 0 Å². The third-order valence-corrected chi connectivity index (χ3v) is 5.40. The molecule has 0 aliphatic rings. The molecule has 0 aliphatic heterocycles. The van der Waals surface area contributed by atoms with Gasteiger partial charge in [-0.15, -0.1) is 0 Å². The monoisotopic (exact) mass is 253 g/mol. The van der Waals surface area contributed by atoms with Gasteiger partial charge in [0.25, 0.3) is 0 Å². The zero-order valence-electron chi connectivity index (χ0n) is 2.76. The normalized spacial score (nSPS) is 10.8. The van der Waals surface area contributed by atoms with Gasteiger partial charge in [0.05, 0.1) is 0 Å². The number of hydrogen-bond donors (Lipinski definition) is 0. The molecule has 0 aromatic rings. The molecule has 0 aromatic heterocycles. The average Bonchev–Trinajstić information content (AvgIpc) is 1.41. The topological polar surface area (TPSA) is 0 Å². The molecule has 0 unspecified atom stereocenters. The Morgan fingerprint density at radius 1 is 1.60 bits per heavy atom. The van der Waals surface area contributed by atoms with E-state index in [1.807, 2.05) is 0 Å². The molecule has 0 rings (SSSR count). The third kappa shape index (κ3) is 5.68. The molecule has 0 amide bonds. The molecule has 0 aromatic carbocycles. The molecule has 3 heteroatoms. The Kier molecular flexibility index (Phi) is 7.58. The van der Waals surface area contributed by atoms with Crippen LogP contribution < -0.4 is 0 Å². The number of rotatable bonds is 2. The Bertz CT molecular complexity index is 12.4. The van der Waals surface area contributed by atoms with Crippen molar-refractivity contribution in [3.05, 3.63) is 0 Å². The van der Waals surface area contributed by atoms with Crippen LogP contribution in [0.15, 0.2) is 0 Å². The molecule has 0 saturated heterocycles. The standard InChI is InChI=1S/C2H4As3/c3-1-2-5-4/h1-2H2. The quantitative estimate of drug-likeness (QED) is 0.597. The van der Waals surface area contributed by atoms with Crippen molar-refractivity contribution >= 4 is 45.3 Å². The summed E-state index contributed by atoms with van der Waals surface area (Å²) in [5.74, 6) is 0. The Morgan fingerprint density at radius 3 is 2.20 bits per heavy atom. The van der Waals surface area contributed by atoms with E-state index in [0.29, 0.717) is 13.7 Å². The van der Waals surface area contributed by atoms with Gasteiger partial charge in [-0.05, 0) is 0 Å². The van der Waals surface area contributed by atoms with Crippen molar-refractivity contribution in [2.45, 2.75) is 10.4 Å². The summed E-state index contributed by atoms with van der Waals surface area (Å²) in [7, 11) is 0. The predicted molar refractivity (Wildman–Crippen MR) is 26.9 cm³/mol.